The molecule has 1 aliphatic rings. The number of hydrogen-bond donors (Lipinski definition) is 1. The van der Waals surface area contributed by atoms with Crippen LogP contribution in [0.5, 0.6) is 0 Å². The van der Waals surface area contributed by atoms with Crippen molar-refractivity contribution in [1.29, 1.82) is 0 Å². The second-order valence-electron chi connectivity index (χ2n) is 5.69. The summed E-state index contributed by atoms with van der Waals surface area (Å²) in [6, 6.07) is 19.6. The van der Waals surface area contributed by atoms with Crippen LogP contribution in [-0.2, 0) is 18.4 Å². The molecule has 0 aromatic heterocycles. The van der Waals surface area contributed by atoms with Gasteiger partial charge in [-0.15, -0.1) is 0 Å². The summed E-state index contributed by atoms with van der Waals surface area (Å²) in [6.45, 7) is 0. The highest BCUT2D eigenvalue weighted by molar-refractivity contribution is 5.30. The second kappa shape index (κ2) is 5.18. The monoisotopic (exact) mass is 251 g/mol. The van der Waals surface area contributed by atoms with Crippen LogP contribution in [0.3, 0.4) is 0 Å². The lowest BCUT2D eigenvalue weighted by molar-refractivity contribution is 0.253. The number of rotatable bonds is 4. The Kier molecular flexibility index (Phi) is 3.39. The molecule has 1 nitrogen and oxygen atoms in total. The van der Waals surface area contributed by atoms with E-state index in [1.54, 1.807) is 0 Å². The van der Waals surface area contributed by atoms with Crippen LogP contribution in [0, 0.1) is 0 Å². The van der Waals surface area contributed by atoms with E-state index < -0.39 is 0 Å². The average Bonchev–Trinajstić information content (AvgIpc) is 2.44. The molecule has 0 heterocycles. The molecule has 2 N–H and O–H groups in total. The van der Waals surface area contributed by atoms with Crippen molar-refractivity contribution in [2.24, 2.45) is 5.73 Å². The predicted molar refractivity (Wildman–Crippen MR) is 80.0 cm³/mol. The molecular weight excluding hydrogens is 230 g/mol. The maximum atomic E-state index is 6.34. The highest BCUT2D eigenvalue weighted by atomic mass is 14.8. The van der Waals surface area contributed by atoms with Crippen molar-refractivity contribution in [3.63, 3.8) is 0 Å². The van der Waals surface area contributed by atoms with E-state index in [9.17, 15) is 0 Å². The van der Waals surface area contributed by atoms with Crippen LogP contribution in [0.2, 0.25) is 0 Å². The number of aryl methyl sites for hydroxylation is 2. The van der Waals surface area contributed by atoms with Gasteiger partial charge in [0.2, 0.25) is 0 Å². The van der Waals surface area contributed by atoms with Gasteiger partial charge < -0.3 is 5.73 Å². The molecule has 0 atom stereocenters. The van der Waals surface area contributed by atoms with E-state index in [2.05, 4.69) is 54.6 Å². The Morgan fingerprint density at radius 1 is 0.789 bits per heavy atom. The van der Waals surface area contributed by atoms with E-state index in [4.69, 9.17) is 5.73 Å². The van der Waals surface area contributed by atoms with Gasteiger partial charge in [-0.3, -0.25) is 0 Å². The van der Waals surface area contributed by atoms with Gasteiger partial charge in [0, 0.05) is 5.54 Å². The Hall–Kier alpha value is -1.60. The minimum Gasteiger partial charge on any atom is -0.321 e. The first-order valence-electron chi connectivity index (χ1n) is 7.18. The van der Waals surface area contributed by atoms with Gasteiger partial charge >= 0.3 is 0 Å². The quantitative estimate of drug-likeness (QED) is 0.878. The first kappa shape index (κ1) is 12.4. The molecule has 3 rings (SSSR count). The smallest absolute Gasteiger partial charge is 0.0409 e. The van der Waals surface area contributed by atoms with E-state index >= 15 is 0 Å². The molecule has 0 unspecified atom stereocenters. The lowest BCUT2D eigenvalue weighted by Crippen LogP contribution is -2.43. The molecule has 1 aliphatic carbocycles. The van der Waals surface area contributed by atoms with Crippen molar-refractivity contribution in [3.8, 4) is 0 Å². The third-order valence-corrected chi connectivity index (χ3v) is 4.32. The largest absolute Gasteiger partial charge is 0.321 e. The predicted octanol–water partition coefficient (Wildman–Crippen LogP) is 3.81. The van der Waals surface area contributed by atoms with E-state index in [-0.39, 0.29) is 5.54 Å². The van der Waals surface area contributed by atoms with Gasteiger partial charge in [0.25, 0.3) is 0 Å². The van der Waals surface area contributed by atoms with E-state index in [1.807, 2.05) is 0 Å². The first-order valence-corrected chi connectivity index (χ1v) is 7.18. The highest BCUT2D eigenvalue weighted by Gasteiger charge is 2.33. The Balaban J connectivity index is 1.63. The van der Waals surface area contributed by atoms with E-state index in [1.165, 1.54) is 23.1 Å². The third-order valence-electron chi connectivity index (χ3n) is 4.32. The van der Waals surface area contributed by atoms with Gasteiger partial charge in [0.05, 0.1) is 0 Å². The number of benzene rings is 2. The molecule has 19 heavy (non-hydrogen) atoms. The van der Waals surface area contributed by atoms with Crippen LogP contribution in [0.1, 0.15) is 36.0 Å². The summed E-state index contributed by atoms with van der Waals surface area (Å²) in [4.78, 5) is 0. The summed E-state index contributed by atoms with van der Waals surface area (Å²) in [5, 5.41) is 0. The lowest BCUT2D eigenvalue weighted by atomic mass is 9.72. The highest BCUT2D eigenvalue weighted by Crippen LogP contribution is 2.38. The molecule has 2 aromatic rings. The summed E-state index contributed by atoms with van der Waals surface area (Å²) in [7, 11) is 0. The minimum absolute atomic E-state index is 0.0298. The van der Waals surface area contributed by atoms with Crippen LogP contribution in [0.4, 0.5) is 0 Å². The number of hydrogen-bond acceptors (Lipinski definition) is 1. The normalized spacial score (nSPS) is 16.9. The van der Waals surface area contributed by atoms with Crippen molar-refractivity contribution in [3.05, 3.63) is 71.3 Å². The molecule has 0 bridgehead atoms. The average molecular weight is 251 g/mol. The molecule has 0 aliphatic heterocycles. The number of nitrogens with two attached hydrogens (primary N) is 1. The van der Waals surface area contributed by atoms with Crippen molar-refractivity contribution in [2.45, 2.75) is 37.6 Å². The SMILES string of the molecule is NC1(c2ccc(CCc3ccccc3)cc2)CCC1. The first-order chi connectivity index (χ1) is 9.26. The van der Waals surface area contributed by atoms with Gasteiger partial charge in [-0.1, -0.05) is 54.6 Å². The molecule has 1 heteroatoms. The molecule has 0 radical (unpaired) electrons. The van der Waals surface area contributed by atoms with Crippen LogP contribution in [0.25, 0.3) is 0 Å². The van der Waals surface area contributed by atoms with E-state index in [0.29, 0.717) is 0 Å². The topological polar surface area (TPSA) is 26.0 Å². The van der Waals surface area contributed by atoms with Crippen molar-refractivity contribution in [2.75, 3.05) is 0 Å². The van der Waals surface area contributed by atoms with Gasteiger partial charge in [0.15, 0.2) is 0 Å². The van der Waals surface area contributed by atoms with Crippen LogP contribution in [0.15, 0.2) is 54.6 Å². The molecule has 0 saturated heterocycles. The van der Waals surface area contributed by atoms with E-state index in [0.717, 1.165) is 25.7 Å². The fourth-order valence-electron chi connectivity index (χ4n) is 2.78. The minimum atomic E-state index is -0.0298. The lowest BCUT2D eigenvalue weighted by Gasteiger charge is -2.38. The molecular formula is C18H21N. The van der Waals surface area contributed by atoms with Gasteiger partial charge in [-0.25, -0.2) is 0 Å². The molecule has 98 valence electrons. The van der Waals surface area contributed by atoms with Crippen molar-refractivity contribution >= 4 is 0 Å². The van der Waals surface area contributed by atoms with Crippen LogP contribution >= 0.6 is 0 Å². The standard InChI is InChI=1S/C18H21N/c19-18(13-4-14-18)17-11-9-16(10-12-17)8-7-15-5-2-1-3-6-15/h1-3,5-6,9-12H,4,7-8,13-14,19H2. The summed E-state index contributed by atoms with van der Waals surface area (Å²) >= 11 is 0. The summed E-state index contributed by atoms with van der Waals surface area (Å²) in [5.74, 6) is 0. The fourth-order valence-corrected chi connectivity index (χ4v) is 2.78. The zero-order chi connectivity index (χ0) is 13.1. The Bertz CT molecular complexity index is 523. The van der Waals surface area contributed by atoms with Crippen molar-refractivity contribution < 1.29 is 0 Å². The maximum Gasteiger partial charge on any atom is 0.0409 e. The molecule has 0 amide bonds. The summed E-state index contributed by atoms with van der Waals surface area (Å²) < 4.78 is 0. The Morgan fingerprint density at radius 3 is 1.89 bits per heavy atom. The maximum absolute atomic E-state index is 6.34. The van der Waals surface area contributed by atoms with Gasteiger partial charge in [0.1, 0.15) is 0 Å². The summed E-state index contributed by atoms with van der Waals surface area (Å²) in [6.07, 6.45) is 5.74. The summed E-state index contributed by atoms with van der Waals surface area (Å²) in [5.41, 5.74) is 10.4. The van der Waals surface area contributed by atoms with Crippen LogP contribution < -0.4 is 5.73 Å². The van der Waals surface area contributed by atoms with Crippen LogP contribution in [-0.4, -0.2) is 0 Å². The Morgan fingerprint density at radius 2 is 1.37 bits per heavy atom. The molecule has 2 aromatic carbocycles. The van der Waals surface area contributed by atoms with Gasteiger partial charge in [-0.2, -0.15) is 0 Å². The van der Waals surface area contributed by atoms with Crippen molar-refractivity contribution in [1.82, 2.24) is 0 Å². The Labute approximate surface area is 115 Å². The fraction of sp³-hybridized carbons (Fsp3) is 0.333. The molecule has 0 spiro atoms. The molecule has 1 saturated carbocycles. The second-order valence-corrected chi connectivity index (χ2v) is 5.69. The molecule has 1 fully saturated rings. The zero-order valence-electron chi connectivity index (χ0n) is 11.3. The zero-order valence-corrected chi connectivity index (χ0v) is 11.3. The third kappa shape index (κ3) is 2.71. The van der Waals surface area contributed by atoms with Gasteiger partial charge in [-0.05, 0) is 48.8 Å².